The third-order valence-corrected chi connectivity index (χ3v) is 2.70. The van der Waals surface area contributed by atoms with Crippen molar-refractivity contribution in [2.75, 3.05) is 11.9 Å². The number of carbonyl (C=O) groups excluding carboxylic acids is 2. The van der Waals surface area contributed by atoms with Gasteiger partial charge in [0.05, 0.1) is 18.1 Å². The maximum absolute atomic E-state index is 12.0. The molecular weight excluding hydrogens is 268 g/mol. The number of ether oxygens (including phenoxy) is 1. The van der Waals surface area contributed by atoms with Crippen molar-refractivity contribution >= 4 is 17.6 Å². The molecule has 0 heterocycles. The highest BCUT2D eigenvalue weighted by Gasteiger charge is 2.18. The van der Waals surface area contributed by atoms with Crippen LogP contribution in [0.4, 0.5) is 5.69 Å². The zero-order valence-corrected chi connectivity index (χ0v) is 12.8. The van der Waals surface area contributed by atoms with Gasteiger partial charge < -0.3 is 9.64 Å². The molecule has 0 saturated carbocycles. The second kappa shape index (κ2) is 6.89. The van der Waals surface area contributed by atoms with E-state index >= 15 is 0 Å². The molecule has 0 aliphatic rings. The Kier molecular flexibility index (Phi) is 5.48. The molecule has 0 saturated heterocycles. The minimum absolute atomic E-state index is 0.0401. The third kappa shape index (κ3) is 5.65. The highest BCUT2D eigenvalue weighted by Crippen LogP contribution is 2.16. The number of rotatable bonds is 4. The van der Waals surface area contributed by atoms with E-state index < -0.39 is 11.6 Å². The number of carbonyl (C=O) groups is 2. The SMILES string of the molecule is CN(C(=O)CCC(=O)OC(C)(C)C)c1cccc(C#N)c1. The van der Waals surface area contributed by atoms with Gasteiger partial charge in [-0.2, -0.15) is 5.26 Å². The molecule has 0 atom stereocenters. The summed E-state index contributed by atoms with van der Waals surface area (Å²) in [5.41, 5.74) is 0.565. The Labute approximate surface area is 125 Å². The first kappa shape index (κ1) is 16.7. The Morgan fingerprint density at radius 3 is 2.52 bits per heavy atom. The zero-order chi connectivity index (χ0) is 16.0. The summed E-state index contributed by atoms with van der Waals surface area (Å²) in [5.74, 6) is -0.592. The second-order valence-corrected chi connectivity index (χ2v) is 5.70. The van der Waals surface area contributed by atoms with Crippen LogP contribution in [-0.2, 0) is 14.3 Å². The minimum atomic E-state index is -0.548. The van der Waals surface area contributed by atoms with Gasteiger partial charge in [0, 0.05) is 19.2 Å². The van der Waals surface area contributed by atoms with Crippen LogP contribution >= 0.6 is 0 Å². The smallest absolute Gasteiger partial charge is 0.306 e. The molecule has 5 nitrogen and oxygen atoms in total. The Morgan fingerprint density at radius 2 is 1.95 bits per heavy atom. The summed E-state index contributed by atoms with van der Waals surface area (Å²) in [7, 11) is 1.62. The maximum atomic E-state index is 12.0. The number of anilines is 1. The van der Waals surface area contributed by atoms with E-state index in [1.54, 1.807) is 52.1 Å². The normalized spacial score (nSPS) is 10.6. The van der Waals surface area contributed by atoms with E-state index in [0.29, 0.717) is 11.3 Å². The monoisotopic (exact) mass is 288 g/mol. The number of nitrogens with zero attached hydrogens (tertiary/aromatic N) is 2. The molecule has 0 fully saturated rings. The summed E-state index contributed by atoms with van der Waals surface area (Å²) < 4.78 is 5.16. The summed E-state index contributed by atoms with van der Waals surface area (Å²) in [4.78, 5) is 25.1. The largest absolute Gasteiger partial charge is 0.460 e. The van der Waals surface area contributed by atoms with Crippen molar-refractivity contribution in [1.29, 1.82) is 5.26 Å². The highest BCUT2D eigenvalue weighted by atomic mass is 16.6. The third-order valence-electron chi connectivity index (χ3n) is 2.70. The molecule has 21 heavy (non-hydrogen) atoms. The fourth-order valence-corrected chi connectivity index (χ4v) is 1.70. The lowest BCUT2D eigenvalue weighted by Gasteiger charge is -2.20. The lowest BCUT2D eigenvalue weighted by molar-refractivity contribution is -0.155. The predicted molar refractivity (Wildman–Crippen MR) is 79.6 cm³/mol. The van der Waals surface area contributed by atoms with Gasteiger partial charge in [0.1, 0.15) is 5.60 Å². The van der Waals surface area contributed by atoms with Crippen LogP contribution in [0, 0.1) is 11.3 Å². The maximum Gasteiger partial charge on any atom is 0.306 e. The van der Waals surface area contributed by atoms with Gasteiger partial charge in [-0.05, 0) is 39.0 Å². The molecule has 0 unspecified atom stereocenters. The zero-order valence-electron chi connectivity index (χ0n) is 12.8. The van der Waals surface area contributed by atoms with Gasteiger partial charge in [0.25, 0.3) is 0 Å². The molecule has 0 aromatic heterocycles. The van der Waals surface area contributed by atoms with Gasteiger partial charge in [-0.1, -0.05) is 6.07 Å². The predicted octanol–water partition coefficient (Wildman–Crippen LogP) is 2.64. The molecule has 5 heteroatoms. The first-order chi connectivity index (χ1) is 9.73. The van der Waals surface area contributed by atoms with Crippen molar-refractivity contribution in [1.82, 2.24) is 0 Å². The van der Waals surface area contributed by atoms with Gasteiger partial charge >= 0.3 is 5.97 Å². The summed E-state index contributed by atoms with van der Waals surface area (Å²) in [6.45, 7) is 5.35. The first-order valence-electron chi connectivity index (χ1n) is 6.71. The number of esters is 1. The van der Waals surface area contributed by atoms with Crippen molar-refractivity contribution in [2.45, 2.75) is 39.2 Å². The number of hydrogen-bond donors (Lipinski definition) is 0. The van der Waals surface area contributed by atoms with E-state index in [2.05, 4.69) is 0 Å². The lowest BCUT2D eigenvalue weighted by atomic mass is 10.2. The number of benzene rings is 1. The van der Waals surface area contributed by atoms with Crippen LogP contribution < -0.4 is 4.90 Å². The van der Waals surface area contributed by atoms with Crippen LogP contribution in [0.1, 0.15) is 39.2 Å². The average Bonchev–Trinajstić information content (AvgIpc) is 2.42. The Hall–Kier alpha value is -2.35. The molecule has 112 valence electrons. The standard InChI is InChI=1S/C16H20N2O3/c1-16(2,3)21-15(20)9-8-14(19)18(4)13-7-5-6-12(10-13)11-17/h5-7,10H,8-9H2,1-4H3. The summed E-state index contributed by atoms with van der Waals surface area (Å²) >= 11 is 0. The fourth-order valence-electron chi connectivity index (χ4n) is 1.70. The van der Waals surface area contributed by atoms with Crippen LogP contribution in [0.15, 0.2) is 24.3 Å². The number of amides is 1. The van der Waals surface area contributed by atoms with E-state index in [4.69, 9.17) is 10.00 Å². The molecule has 0 spiro atoms. The second-order valence-electron chi connectivity index (χ2n) is 5.70. The molecule has 1 aromatic rings. The van der Waals surface area contributed by atoms with Gasteiger partial charge in [-0.3, -0.25) is 9.59 Å². The lowest BCUT2D eigenvalue weighted by Crippen LogP contribution is -2.28. The van der Waals surface area contributed by atoms with E-state index in [1.165, 1.54) is 4.90 Å². The topological polar surface area (TPSA) is 70.4 Å². The molecule has 1 amide bonds. The molecule has 0 aliphatic heterocycles. The van der Waals surface area contributed by atoms with Crippen molar-refractivity contribution in [2.24, 2.45) is 0 Å². The van der Waals surface area contributed by atoms with Crippen LogP contribution in [0.5, 0.6) is 0 Å². The quantitative estimate of drug-likeness (QED) is 0.799. The molecule has 1 aromatic carbocycles. The number of hydrogen-bond acceptors (Lipinski definition) is 4. The van der Waals surface area contributed by atoms with Gasteiger partial charge in [0.2, 0.25) is 5.91 Å². The molecule has 1 rings (SSSR count). The van der Waals surface area contributed by atoms with Crippen LogP contribution in [0.3, 0.4) is 0 Å². The van der Waals surface area contributed by atoms with E-state index in [9.17, 15) is 9.59 Å². The average molecular weight is 288 g/mol. The highest BCUT2D eigenvalue weighted by molar-refractivity contribution is 5.94. The van der Waals surface area contributed by atoms with Crippen LogP contribution in [0.25, 0.3) is 0 Å². The van der Waals surface area contributed by atoms with E-state index in [0.717, 1.165) is 0 Å². The summed E-state index contributed by atoms with van der Waals surface area (Å²) in [6.07, 6.45) is 0.112. The molecule has 0 bridgehead atoms. The van der Waals surface area contributed by atoms with Crippen molar-refractivity contribution in [3.63, 3.8) is 0 Å². The van der Waals surface area contributed by atoms with Crippen molar-refractivity contribution in [3.05, 3.63) is 29.8 Å². The Balaban J connectivity index is 2.59. The van der Waals surface area contributed by atoms with Gasteiger partial charge in [-0.15, -0.1) is 0 Å². The summed E-state index contributed by atoms with van der Waals surface area (Å²) in [6, 6.07) is 8.78. The molecule has 0 N–H and O–H groups in total. The Morgan fingerprint density at radius 1 is 1.29 bits per heavy atom. The number of nitriles is 1. The molecule has 0 aliphatic carbocycles. The van der Waals surface area contributed by atoms with E-state index in [1.807, 2.05) is 6.07 Å². The van der Waals surface area contributed by atoms with Gasteiger partial charge in [-0.25, -0.2) is 0 Å². The molecular formula is C16H20N2O3. The van der Waals surface area contributed by atoms with Crippen molar-refractivity contribution < 1.29 is 14.3 Å². The van der Waals surface area contributed by atoms with Crippen molar-refractivity contribution in [3.8, 4) is 6.07 Å². The first-order valence-corrected chi connectivity index (χ1v) is 6.71. The minimum Gasteiger partial charge on any atom is -0.460 e. The summed E-state index contributed by atoms with van der Waals surface area (Å²) in [5, 5.41) is 8.85. The van der Waals surface area contributed by atoms with Crippen LogP contribution in [0.2, 0.25) is 0 Å². The fraction of sp³-hybridized carbons (Fsp3) is 0.438. The Bertz CT molecular complexity index is 568. The van der Waals surface area contributed by atoms with Crippen LogP contribution in [-0.4, -0.2) is 24.5 Å². The van der Waals surface area contributed by atoms with Gasteiger partial charge in [0.15, 0.2) is 0 Å². The van der Waals surface area contributed by atoms with E-state index in [-0.39, 0.29) is 18.7 Å². The molecule has 0 radical (unpaired) electrons.